The van der Waals surface area contributed by atoms with Crippen LogP contribution >= 0.6 is 11.6 Å². The van der Waals surface area contributed by atoms with Crippen molar-refractivity contribution in [1.82, 2.24) is 0 Å². The highest BCUT2D eigenvalue weighted by Gasteiger charge is 2.44. The van der Waals surface area contributed by atoms with Crippen LogP contribution in [0.1, 0.15) is 30.9 Å². The van der Waals surface area contributed by atoms with Gasteiger partial charge in [-0.1, -0.05) is 23.7 Å². The maximum Gasteiger partial charge on any atom is 0.415 e. The van der Waals surface area contributed by atoms with Gasteiger partial charge in [0.15, 0.2) is 12.4 Å². The molecule has 0 saturated carbocycles. The molecule has 4 rings (SSSR count). The van der Waals surface area contributed by atoms with Crippen molar-refractivity contribution in [3.8, 4) is 5.75 Å². The van der Waals surface area contributed by atoms with Crippen molar-refractivity contribution >= 4 is 23.4 Å². The average Bonchev–Trinajstić information content (AvgIpc) is 3.09. The Balaban J connectivity index is 1.62. The number of methoxy groups -OCH3 is 1. The Morgan fingerprint density at radius 3 is 2.72 bits per heavy atom. The Morgan fingerprint density at radius 1 is 1.17 bits per heavy atom. The number of nitrogens with zero attached hydrogens (tertiary/aromatic N) is 1. The van der Waals surface area contributed by atoms with Gasteiger partial charge in [-0.05, 0) is 61.2 Å². The van der Waals surface area contributed by atoms with Gasteiger partial charge in [-0.3, -0.25) is 4.90 Å². The van der Waals surface area contributed by atoms with E-state index in [0.717, 1.165) is 24.8 Å². The number of anilines is 1. The molecule has 0 bridgehead atoms. The number of hydrogen-bond acceptors (Lipinski definition) is 5. The second-order valence-corrected chi connectivity index (χ2v) is 7.56. The number of amides is 1. The molecule has 0 radical (unpaired) electrons. The van der Waals surface area contributed by atoms with E-state index in [4.69, 9.17) is 30.5 Å². The summed E-state index contributed by atoms with van der Waals surface area (Å²) < 4.78 is 22.7. The van der Waals surface area contributed by atoms with Gasteiger partial charge >= 0.3 is 6.09 Å². The number of hydrogen-bond donors (Lipinski definition) is 0. The maximum atomic E-state index is 12.8. The molecule has 3 atom stereocenters. The number of cyclic esters (lactones) is 1. The number of carbonyl (C=O) groups is 1. The van der Waals surface area contributed by atoms with Gasteiger partial charge in [-0.25, -0.2) is 4.79 Å². The second kappa shape index (κ2) is 9.03. The van der Waals surface area contributed by atoms with Crippen LogP contribution in [0.3, 0.4) is 0 Å². The molecule has 2 aromatic carbocycles. The average molecular weight is 418 g/mol. The molecule has 7 heteroatoms. The third-order valence-corrected chi connectivity index (χ3v) is 5.46. The van der Waals surface area contributed by atoms with Crippen LogP contribution in [0.5, 0.6) is 5.75 Å². The lowest BCUT2D eigenvalue weighted by Gasteiger charge is -2.27. The normalized spacial score (nSPS) is 24.4. The van der Waals surface area contributed by atoms with Crippen molar-refractivity contribution < 1.29 is 23.7 Å². The number of rotatable bonds is 6. The van der Waals surface area contributed by atoms with Gasteiger partial charge in [0.25, 0.3) is 0 Å². The zero-order chi connectivity index (χ0) is 20.2. The molecule has 0 N–H and O–H groups in total. The molecule has 2 fully saturated rings. The van der Waals surface area contributed by atoms with Crippen LogP contribution in [0.15, 0.2) is 48.5 Å². The van der Waals surface area contributed by atoms with Crippen molar-refractivity contribution in [2.75, 3.05) is 25.2 Å². The van der Waals surface area contributed by atoms with E-state index in [1.165, 1.54) is 0 Å². The predicted octanol–water partition coefficient (Wildman–Crippen LogP) is 4.96. The highest BCUT2D eigenvalue weighted by atomic mass is 35.5. The minimum atomic E-state index is -0.476. The summed E-state index contributed by atoms with van der Waals surface area (Å²) in [5.74, 6) is 0.716. The molecule has 0 spiro atoms. The van der Waals surface area contributed by atoms with Crippen LogP contribution in [0.4, 0.5) is 10.5 Å². The molecule has 0 aromatic heterocycles. The van der Waals surface area contributed by atoms with E-state index < -0.39 is 12.2 Å². The summed E-state index contributed by atoms with van der Waals surface area (Å²) in [7, 11) is 1.62. The van der Waals surface area contributed by atoms with Crippen LogP contribution in [0.2, 0.25) is 5.02 Å². The van der Waals surface area contributed by atoms with Gasteiger partial charge in [0.05, 0.1) is 13.7 Å². The first-order chi connectivity index (χ1) is 14.2. The molecular weight excluding hydrogens is 394 g/mol. The maximum absolute atomic E-state index is 12.8. The number of halogens is 1. The highest BCUT2D eigenvalue weighted by Crippen LogP contribution is 2.39. The van der Waals surface area contributed by atoms with Gasteiger partial charge < -0.3 is 18.9 Å². The molecule has 2 aromatic rings. The summed E-state index contributed by atoms with van der Waals surface area (Å²) in [4.78, 5) is 14.5. The Bertz CT molecular complexity index is 837. The summed E-state index contributed by atoms with van der Waals surface area (Å²) in [6, 6.07) is 14.4. The molecule has 154 valence electrons. The van der Waals surface area contributed by atoms with E-state index >= 15 is 0 Å². The highest BCUT2D eigenvalue weighted by molar-refractivity contribution is 6.30. The van der Waals surface area contributed by atoms with Crippen molar-refractivity contribution in [3.05, 3.63) is 59.1 Å². The van der Waals surface area contributed by atoms with E-state index in [1.807, 2.05) is 36.4 Å². The smallest absolute Gasteiger partial charge is 0.415 e. The molecule has 1 amide bonds. The van der Waals surface area contributed by atoms with Crippen molar-refractivity contribution in [2.24, 2.45) is 0 Å². The fraction of sp³-hybridized carbons (Fsp3) is 0.409. The number of carbonyl (C=O) groups excluding carboxylic acids is 1. The summed E-state index contributed by atoms with van der Waals surface area (Å²) >= 11 is 6.03. The minimum Gasteiger partial charge on any atom is -0.497 e. The Morgan fingerprint density at radius 2 is 2.00 bits per heavy atom. The fourth-order valence-electron chi connectivity index (χ4n) is 3.76. The Kier molecular flexibility index (Phi) is 6.23. The summed E-state index contributed by atoms with van der Waals surface area (Å²) in [5.41, 5.74) is 1.62. The Labute approximate surface area is 175 Å². The predicted molar refractivity (Wildman–Crippen MR) is 109 cm³/mol. The van der Waals surface area contributed by atoms with Gasteiger partial charge in [-0.2, -0.15) is 0 Å². The molecule has 29 heavy (non-hydrogen) atoms. The van der Waals surface area contributed by atoms with Gasteiger partial charge in [0.2, 0.25) is 0 Å². The third kappa shape index (κ3) is 4.50. The fourth-order valence-corrected chi connectivity index (χ4v) is 3.88. The zero-order valence-electron chi connectivity index (χ0n) is 16.3. The largest absolute Gasteiger partial charge is 0.497 e. The lowest BCUT2D eigenvalue weighted by molar-refractivity contribution is -0.174. The van der Waals surface area contributed by atoms with Crippen LogP contribution in [0.25, 0.3) is 0 Å². The number of benzene rings is 2. The summed E-state index contributed by atoms with van der Waals surface area (Å²) in [6.45, 7) is 0.952. The lowest BCUT2D eigenvalue weighted by Crippen LogP contribution is -2.33. The van der Waals surface area contributed by atoms with Crippen molar-refractivity contribution in [1.29, 1.82) is 0 Å². The first kappa shape index (κ1) is 20.0. The van der Waals surface area contributed by atoms with Crippen LogP contribution in [-0.2, 0) is 14.2 Å². The molecule has 2 aliphatic heterocycles. The monoisotopic (exact) mass is 417 g/mol. The molecule has 1 unspecified atom stereocenters. The Hall–Kier alpha value is -2.28. The molecule has 6 nitrogen and oxygen atoms in total. The third-order valence-electron chi connectivity index (χ3n) is 5.20. The van der Waals surface area contributed by atoms with E-state index in [2.05, 4.69) is 0 Å². The lowest BCUT2D eigenvalue weighted by atomic mass is 10.00. The van der Waals surface area contributed by atoms with Crippen LogP contribution in [-0.4, -0.2) is 38.8 Å². The van der Waals surface area contributed by atoms with Gasteiger partial charge in [0, 0.05) is 17.3 Å². The molecule has 2 saturated heterocycles. The topological polar surface area (TPSA) is 57.2 Å². The van der Waals surface area contributed by atoms with Gasteiger partial charge in [-0.15, -0.1) is 0 Å². The van der Waals surface area contributed by atoms with Crippen molar-refractivity contribution in [3.63, 3.8) is 0 Å². The molecule has 2 aliphatic rings. The van der Waals surface area contributed by atoms with E-state index in [0.29, 0.717) is 23.1 Å². The molecule has 2 heterocycles. The number of ether oxygens (including phenoxy) is 4. The van der Waals surface area contributed by atoms with E-state index in [1.54, 1.807) is 24.1 Å². The SMILES string of the molecule is COc1cccc([C@H]2[C@H](COC3CCCCO3)OC(=O)N2c2ccc(Cl)cc2)c1. The quantitative estimate of drug-likeness (QED) is 0.665. The second-order valence-electron chi connectivity index (χ2n) is 7.12. The molecular formula is C22H24ClNO5. The first-order valence-electron chi connectivity index (χ1n) is 9.78. The summed E-state index contributed by atoms with van der Waals surface area (Å²) in [5, 5.41) is 0.605. The van der Waals surface area contributed by atoms with Crippen LogP contribution in [0, 0.1) is 0 Å². The standard InChI is InChI=1S/C22H24ClNO5/c1-26-18-6-4-5-15(13-18)21-19(14-28-20-7-2-3-12-27-20)29-22(25)24(21)17-10-8-16(23)9-11-17/h4-6,8-11,13,19-21H,2-3,7,12,14H2,1H3/t19-,20?,21-/m0/s1. The van der Waals surface area contributed by atoms with E-state index in [-0.39, 0.29) is 18.9 Å². The van der Waals surface area contributed by atoms with Crippen LogP contribution < -0.4 is 9.64 Å². The minimum absolute atomic E-state index is 0.252. The van der Waals surface area contributed by atoms with Crippen molar-refractivity contribution in [2.45, 2.75) is 37.7 Å². The summed E-state index contributed by atoms with van der Waals surface area (Å²) in [6.07, 6.45) is 1.83. The zero-order valence-corrected chi connectivity index (χ0v) is 17.0. The van der Waals surface area contributed by atoms with E-state index in [9.17, 15) is 4.79 Å². The first-order valence-corrected chi connectivity index (χ1v) is 10.2. The molecule has 0 aliphatic carbocycles. The van der Waals surface area contributed by atoms with Gasteiger partial charge in [0.1, 0.15) is 11.8 Å².